The molecule has 15 nitrogen and oxygen atoms in total. The van der Waals surface area contributed by atoms with Crippen molar-refractivity contribution in [3.63, 3.8) is 0 Å². The Bertz CT molecular complexity index is 1900. The summed E-state index contributed by atoms with van der Waals surface area (Å²) in [6, 6.07) is 13.8. The molecule has 4 rings (SSSR count). The molecule has 200 valence electrons. The molecule has 4 aromatic rings. The van der Waals surface area contributed by atoms with Gasteiger partial charge in [0.15, 0.2) is 5.75 Å². The van der Waals surface area contributed by atoms with Crippen LogP contribution in [0.2, 0.25) is 0 Å². The number of fused-ring (bicyclic) bond motifs is 1. The molecule has 0 amide bonds. The number of nitro benzene ring substituents is 1. The summed E-state index contributed by atoms with van der Waals surface area (Å²) in [5, 5.41) is 35.5. The minimum absolute atomic E-state index is 0. The summed E-state index contributed by atoms with van der Waals surface area (Å²) in [4.78, 5) is 7.99. The van der Waals surface area contributed by atoms with Crippen molar-refractivity contribution in [3.8, 4) is 5.75 Å². The number of hydrogen-bond acceptors (Lipinski definition) is 14. The molecular formula is C22H14N6Na2O9S2. The van der Waals surface area contributed by atoms with Crippen molar-refractivity contribution < 1.29 is 95.1 Å². The van der Waals surface area contributed by atoms with Crippen LogP contribution in [0.1, 0.15) is 0 Å². The Morgan fingerprint density at radius 2 is 1.29 bits per heavy atom. The SMILES string of the molecule is Nc1c(N=Nc2ccc([N+](=O)[O-])cc2)c(S(=O)(=O)[O-])cc2c(S(=O)(=O)[O-])cc(N=Nc3ccccc3)c(O)c12.[Na+].[Na+]. The minimum Gasteiger partial charge on any atom is -0.744 e. The largest absolute Gasteiger partial charge is 1.00 e. The van der Waals surface area contributed by atoms with Gasteiger partial charge in [-0.3, -0.25) is 10.1 Å². The molecule has 0 saturated heterocycles. The number of phenolic OH excluding ortho intramolecular Hbond substituents is 1. The fraction of sp³-hybridized carbons (Fsp3) is 0. The molecule has 0 aliphatic carbocycles. The number of hydrogen-bond donors (Lipinski definition) is 2. The smallest absolute Gasteiger partial charge is 0.744 e. The van der Waals surface area contributed by atoms with E-state index in [4.69, 9.17) is 5.73 Å². The van der Waals surface area contributed by atoms with Gasteiger partial charge in [0.1, 0.15) is 31.6 Å². The Kier molecular flexibility index (Phi) is 11.3. The Labute approximate surface area is 276 Å². The first-order chi connectivity index (χ1) is 18.3. The van der Waals surface area contributed by atoms with Gasteiger partial charge in [0, 0.05) is 17.5 Å². The van der Waals surface area contributed by atoms with E-state index in [0.717, 1.165) is 12.1 Å². The first-order valence-electron chi connectivity index (χ1n) is 10.4. The molecule has 4 aromatic carbocycles. The second kappa shape index (κ2) is 13.4. The molecule has 0 atom stereocenters. The van der Waals surface area contributed by atoms with Crippen molar-refractivity contribution in [1.29, 1.82) is 0 Å². The van der Waals surface area contributed by atoms with Crippen LogP contribution in [0.15, 0.2) is 97.0 Å². The number of nitrogens with two attached hydrogens (primary N) is 1. The maximum absolute atomic E-state index is 12.1. The molecule has 0 heterocycles. The zero-order valence-electron chi connectivity index (χ0n) is 21.2. The van der Waals surface area contributed by atoms with Crippen LogP contribution in [0, 0.1) is 10.1 Å². The predicted octanol–water partition coefficient (Wildman–Crippen LogP) is -1.32. The molecule has 0 radical (unpaired) electrons. The van der Waals surface area contributed by atoms with Crippen LogP contribution in [-0.4, -0.2) is 36.0 Å². The number of benzene rings is 4. The van der Waals surface area contributed by atoms with E-state index < -0.39 is 68.5 Å². The maximum atomic E-state index is 12.1. The van der Waals surface area contributed by atoms with Crippen molar-refractivity contribution in [2.24, 2.45) is 20.5 Å². The van der Waals surface area contributed by atoms with Gasteiger partial charge < -0.3 is 19.9 Å². The fourth-order valence-electron chi connectivity index (χ4n) is 3.45. The normalized spacial score (nSPS) is 11.9. The second-order valence-electron chi connectivity index (χ2n) is 7.72. The molecule has 41 heavy (non-hydrogen) atoms. The van der Waals surface area contributed by atoms with Crippen LogP contribution >= 0.6 is 0 Å². The van der Waals surface area contributed by atoms with Gasteiger partial charge in [-0.1, -0.05) is 18.2 Å². The number of nitrogens with zero attached hydrogens (tertiary/aromatic N) is 5. The van der Waals surface area contributed by atoms with Crippen molar-refractivity contribution in [2.75, 3.05) is 5.73 Å². The van der Waals surface area contributed by atoms with Crippen molar-refractivity contribution in [1.82, 2.24) is 0 Å². The number of aromatic hydroxyl groups is 1. The van der Waals surface area contributed by atoms with Gasteiger partial charge in [-0.15, -0.1) is 10.2 Å². The summed E-state index contributed by atoms with van der Waals surface area (Å²) >= 11 is 0. The van der Waals surface area contributed by atoms with Gasteiger partial charge in [-0.25, -0.2) is 16.8 Å². The number of anilines is 1. The first kappa shape index (κ1) is 34.4. The number of azo groups is 2. The third-order valence-corrected chi connectivity index (χ3v) is 6.94. The number of phenols is 1. The van der Waals surface area contributed by atoms with Crippen LogP contribution in [0.25, 0.3) is 10.8 Å². The number of nitrogen functional groups attached to an aromatic ring is 1. The van der Waals surface area contributed by atoms with Crippen molar-refractivity contribution in [3.05, 3.63) is 76.8 Å². The average molecular weight is 617 g/mol. The molecule has 19 heteroatoms. The van der Waals surface area contributed by atoms with Crippen LogP contribution in [0.4, 0.5) is 34.1 Å². The number of rotatable bonds is 7. The van der Waals surface area contributed by atoms with E-state index in [1.807, 2.05) is 0 Å². The Morgan fingerprint density at radius 3 is 1.83 bits per heavy atom. The summed E-state index contributed by atoms with van der Waals surface area (Å²) in [5.74, 6) is -0.795. The summed E-state index contributed by atoms with van der Waals surface area (Å²) in [6.45, 7) is 0. The molecule has 0 aliphatic heterocycles. The Hall–Kier alpha value is -2.84. The molecule has 0 spiro atoms. The Balaban J connectivity index is 0.00000294. The van der Waals surface area contributed by atoms with Gasteiger partial charge in [-0.05, 0) is 36.4 Å². The first-order valence-corrected chi connectivity index (χ1v) is 13.3. The second-order valence-corrected chi connectivity index (χ2v) is 10.4. The van der Waals surface area contributed by atoms with E-state index in [1.54, 1.807) is 30.3 Å². The third-order valence-electron chi connectivity index (χ3n) is 5.21. The molecule has 0 fully saturated rings. The minimum atomic E-state index is -5.39. The quantitative estimate of drug-likeness (QED) is 0.0618. The topological polar surface area (TPSA) is 253 Å². The molecule has 3 N–H and O–H groups in total. The van der Waals surface area contributed by atoms with Crippen molar-refractivity contribution in [2.45, 2.75) is 9.79 Å². The van der Waals surface area contributed by atoms with E-state index >= 15 is 0 Å². The van der Waals surface area contributed by atoms with Crippen LogP contribution in [0.5, 0.6) is 5.75 Å². The van der Waals surface area contributed by atoms with Gasteiger partial charge >= 0.3 is 59.1 Å². The van der Waals surface area contributed by atoms with Crippen LogP contribution < -0.4 is 64.8 Å². The fourth-order valence-corrected chi connectivity index (χ4v) is 4.78. The van der Waals surface area contributed by atoms with E-state index in [-0.39, 0.29) is 70.5 Å². The van der Waals surface area contributed by atoms with Gasteiger partial charge in [0.25, 0.3) is 5.69 Å². The molecule has 0 saturated carbocycles. The van der Waals surface area contributed by atoms with Crippen molar-refractivity contribution >= 4 is 65.1 Å². The molecular weight excluding hydrogens is 602 g/mol. The number of non-ortho nitro benzene ring substituents is 1. The standard InChI is InChI=1S/C22H16N6O9S2.2Na/c23-20-19-15(17(38(32,33)34)11-16(22(19)29)26-24-12-4-2-1-3-5-12)10-18(39(35,36)37)21(20)27-25-13-6-8-14(9-7-13)28(30)31;;/h1-11,29H,23H2,(H,32,33,34)(H,35,36,37);;/q;2*+1/p-2. The zero-order valence-corrected chi connectivity index (χ0v) is 26.8. The van der Waals surface area contributed by atoms with Crippen LogP contribution in [-0.2, 0) is 20.2 Å². The summed E-state index contributed by atoms with van der Waals surface area (Å²) < 4.78 is 72.3. The summed E-state index contributed by atoms with van der Waals surface area (Å²) in [7, 11) is -10.7. The van der Waals surface area contributed by atoms with Gasteiger partial charge in [0.05, 0.1) is 37.2 Å². The van der Waals surface area contributed by atoms with E-state index in [2.05, 4.69) is 20.5 Å². The summed E-state index contributed by atoms with van der Waals surface area (Å²) in [6.07, 6.45) is 0. The third kappa shape index (κ3) is 7.72. The van der Waals surface area contributed by atoms with Crippen LogP contribution in [0.3, 0.4) is 0 Å². The van der Waals surface area contributed by atoms with E-state index in [9.17, 15) is 41.2 Å². The number of nitro groups is 1. The average Bonchev–Trinajstić information content (AvgIpc) is 2.87. The van der Waals surface area contributed by atoms with Gasteiger partial charge in [0.2, 0.25) is 0 Å². The monoisotopic (exact) mass is 616 g/mol. The van der Waals surface area contributed by atoms with E-state index in [0.29, 0.717) is 17.8 Å². The maximum Gasteiger partial charge on any atom is 1.00 e. The summed E-state index contributed by atoms with van der Waals surface area (Å²) in [5.41, 5.74) is 4.08. The predicted molar refractivity (Wildman–Crippen MR) is 134 cm³/mol. The zero-order chi connectivity index (χ0) is 28.5. The Morgan fingerprint density at radius 1 is 0.756 bits per heavy atom. The van der Waals surface area contributed by atoms with Gasteiger partial charge in [-0.2, -0.15) is 10.2 Å². The molecule has 0 aliphatic rings. The molecule has 0 aromatic heterocycles. The molecule has 0 unspecified atom stereocenters. The van der Waals surface area contributed by atoms with E-state index in [1.165, 1.54) is 12.1 Å². The molecule has 0 bridgehead atoms.